The highest BCUT2D eigenvalue weighted by atomic mass is 16.5. The predicted molar refractivity (Wildman–Crippen MR) is 74.0 cm³/mol. The molecule has 20 heavy (non-hydrogen) atoms. The molecule has 6 nitrogen and oxygen atoms in total. The summed E-state index contributed by atoms with van der Waals surface area (Å²) in [5.41, 5.74) is 1.19. The Kier molecular flexibility index (Phi) is 5.55. The van der Waals surface area contributed by atoms with Gasteiger partial charge in [-0.15, -0.1) is 0 Å². The Morgan fingerprint density at radius 2 is 2.15 bits per heavy atom. The highest BCUT2D eigenvalue weighted by Crippen LogP contribution is 2.11. The Morgan fingerprint density at radius 1 is 1.30 bits per heavy atom. The first kappa shape index (κ1) is 14.0. The van der Waals surface area contributed by atoms with Crippen LogP contribution in [0.25, 0.3) is 0 Å². The van der Waals surface area contributed by atoms with Crippen LogP contribution in [0.2, 0.25) is 0 Å². The van der Waals surface area contributed by atoms with Gasteiger partial charge < -0.3 is 10.1 Å². The first-order valence-corrected chi connectivity index (χ1v) is 6.52. The third kappa shape index (κ3) is 4.71. The summed E-state index contributed by atoms with van der Waals surface area (Å²) in [5, 5.41) is 18.4. The maximum atomic E-state index is 8.42. The van der Waals surface area contributed by atoms with Gasteiger partial charge >= 0.3 is 0 Å². The maximum absolute atomic E-state index is 8.42. The number of aromatic nitrogens is 3. The number of nitriles is 1. The summed E-state index contributed by atoms with van der Waals surface area (Å²) in [6, 6.07) is 9.69. The molecule has 2 N–H and O–H groups in total. The smallest absolute Gasteiger partial charge is 0.174 e. The number of hydrogen-bond acceptors (Lipinski definition) is 5. The van der Waals surface area contributed by atoms with Gasteiger partial charge in [0.15, 0.2) is 6.61 Å². The van der Waals surface area contributed by atoms with Gasteiger partial charge in [-0.3, -0.25) is 5.10 Å². The Balaban J connectivity index is 1.62. The fraction of sp³-hybridized carbons (Fsp3) is 0.357. The number of aryl methyl sites for hydroxylation is 1. The summed E-state index contributed by atoms with van der Waals surface area (Å²) in [4.78, 5) is 4.07. The minimum Gasteiger partial charge on any atom is -0.479 e. The SMILES string of the molecule is N#CCOc1ccc(CNCCCc2ncn[nH]2)cc1. The van der Waals surface area contributed by atoms with Gasteiger partial charge in [-0.25, -0.2) is 4.98 Å². The average molecular weight is 271 g/mol. The monoisotopic (exact) mass is 271 g/mol. The van der Waals surface area contributed by atoms with Crippen LogP contribution in [-0.4, -0.2) is 28.3 Å². The van der Waals surface area contributed by atoms with Crippen LogP contribution in [0.1, 0.15) is 17.8 Å². The third-order valence-electron chi connectivity index (χ3n) is 2.79. The van der Waals surface area contributed by atoms with E-state index in [2.05, 4.69) is 20.5 Å². The molecule has 0 unspecified atom stereocenters. The Labute approximate surface area is 117 Å². The fourth-order valence-electron chi connectivity index (χ4n) is 1.78. The van der Waals surface area contributed by atoms with E-state index in [4.69, 9.17) is 10.00 Å². The Bertz CT molecular complexity index is 530. The van der Waals surface area contributed by atoms with E-state index in [9.17, 15) is 0 Å². The van der Waals surface area contributed by atoms with Gasteiger partial charge in [-0.2, -0.15) is 10.4 Å². The molecule has 0 aliphatic carbocycles. The summed E-state index contributed by atoms with van der Waals surface area (Å²) in [7, 11) is 0. The second kappa shape index (κ2) is 7.92. The molecule has 0 atom stereocenters. The number of rotatable bonds is 8. The molecule has 6 heteroatoms. The van der Waals surface area contributed by atoms with Gasteiger partial charge in [0, 0.05) is 13.0 Å². The maximum Gasteiger partial charge on any atom is 0.174 e. The van der Waals surface area contributed by atoms with Crippen LogP contribution in [0.15, 0.2) is 30.6 Å². The molecule has 0 aliphatic rings. The number of H-pyrrole nitrogens is 1. The zero-order valence-corrected chi connectivity index (χ0v) is 11.2. The second-order valence-electron chi connectivity index (χ2n) is 4.30. The Morgan fingerprint density at radius 3 is 2.85 bits per heavy atom. The van der Waals surface area contributed by atoms with Crippen molar-refractivity contribution in [3.8, 4) is 11.8 Å². The van der Waals surface area contributed by atoms with Crippen LogP contribution in [-0.2, 0) is 13.0 Å². The predicted octanol–water partition coefficient (Wildman–Crippen LogP) is 1.43. The van der Waals surface area contributed by atoms with E-state index in [1.807, 2.05) is 30.3 Å². The molecule has 2 aromatic rings. The van der Waals surface area contributed by atoms with E-state index in [0.717, 1.165) is 37.5 Å². The van der Waals surface area contributed by atoms with Gasteiger partial charge in [0.05, 0.1) is 0 Å². The van der Waals surface area contributed by atoms with E-state index >= 15 is 0 Å². The molecule has 2 rings (SSSR count). The Hall–Kier alpha value is -2.39. The highest BCUT2D eigenvalue weighted by Gasteiger charge is 1.97. The van der Waals surface area contributed by atoms with Crippen molar-refractivity contribution in [1.29, 1.82) is 5.26 Å². The summed E-state index contributed by atoms with van der Waals surface area (Å²) in [6.07, 6.45) is 3.44. The number of benzene rings is 1. The summed E-state index contributed by atoms with van der Waals surface area (Å²) in [6.45, 7) is 1.82. The molecule has 0 bridgehead atoms. The lowest BCUT2D eigenvalue weighted by molar-refractivity contribution is 0.368. The van der Waals surface area contributed by atoms with Gasteiger partial charge in [-0.05, 0) is 30.7 Å². The largest absolute Gasteiger partial charge is 0.479 e. The molecule has 1 aromatic carbocycles. The van der Waals surface area contributed by atoms with E-state index in [0.29, 0.717) is 0 Å². The van der Waals surface area contributed by atoms with Crippen molar-refractivity contribution >= 4 is 0 Å². The van der Waals surface area contributed by atoms with E-state index in [1.165, 1.54) is 11.9 Å². The normalized spacial score (nSPS) is 10.2. The number of ether oxygens (including phenoxy) is 1. The number of nitrogens with zero attached hydrogens (tertiary/aromatic N) is 3. The molecule has 0 radical (unpaired) electrons. The highest BCUT2D eigenvalue weighted by molar-refractivity contribution is 5.27. The third-order valence-corrected chi connectivity index (χ3v) is 2.79. The van der Waals surface area contributed by atoms with Crippen molar-refractivity contribution < 1.29 is 4.74 Å². The molecule has 0 amide bonds. The summed E-state index contributed by atoms with van der Waals surface area (Å²) in [5.74, 6) is 1.64. The van der Waals surface area contributed by atoms with Crippen LogP contribution in [0.5, 0.6) is 5.75 Å². The average Bonchev–Trinajstić information content (AvgIpc) is 2.99. The van der Waals surface area contributed by atoms with E-state index in [1.54, 1.807) is 0 Å². The standard InChI is InChI=1S/C14H17N5O/c15-7-9-20-13-5-3-12(4-6-13)10-16-8-1-2-14-17-11-18-19-14/h3-6,11,16H,1-2,8-10H2,(H,17,18,19). The fourth-order valence-corrected chi connectivity index (χ4v) is 1.78. The van der Waals surface area contributed by atoms with Crippen LogP contribution >= 0.6 is 0 Å². The summed E-state index contributed by atoms with van der Waals surface area (Å²) >= 11 is 0. The van der Waals surface area contributed by atoms with E-state index < -0.39 is 0 Å². The molecule has 0 saturated carbocycles. The van der Waals surface area contributed by atoms with Gasteiger partial charge in [-0.1, -0.05) is 12.1 Å². The lowest BCUT2D eigenvalue weighted by Gasteiger charge is -2.06. The minimum atomic E-state index is 0.0826. The second-order valence-corrected chi connectivity index (χ2v) is 4.30. The van der Waals surface area contributed by atoms with Crippen molar-refractivity contribution in [3.63, 3.8) is 0 Å². The number of aromatic amines is 1. The van der Waals surface area contributed by atoms with Gasteiger partial charge in [0.2, 0.25) is 0 Å². The van der Waals surface area contributed by atoms with Crippen LogP contribution in [0.3, 0.4) is 0 Å². The molecule has 0 fully saturated rings. The van der Waals surface area contributed by atoms with Crippen LogP contribution in [0.4, 0.5) is 0 Å². The lowest BCUT2D eigenvalue weighted by Crippen LogP contribution is -2.15. The molecule has 104 valence electrons. The zero-order chi connectivity index (χ0) is 14.0. The minimum absolute atomic E-state index is 0.0826. The van der Waals surface area contributed by atoms with Crippen molar-refractivity contribution in [2.75, 3.05) is 13.2 Å². The van der Waals surface area contributed by atoms with Crippen molar-refractivity contribution in [1.82, 2.24) is 20.5 Å². The summed E-state index contributed by atoms with van der Waals surface area (Å²) < 4.78 is 5.20. The van der Waals surface area contributed by atoms with Crippen molar-refractivity contribution in [3.05, 3.63) is 42.0 Å². The van der Waals surface area contributed by atoms with Crippen molar-refractivity contribution in [2.24, 2.45) is 0 Å². The van der Waals surface area contributed by atoms with E-state index in [-0.39, 0.29) is 6.61 Å². The molecular weight excluding hydrogens is 254 g/mol. The zero-order valence-electron chi connectivity index (χ0n) is 11.2. The molecule has 1 heterocycles. The number of nitrogens with one attached hydrogen (secondary N) is 2. The lowest BCUT2D eigenvalue weighted by atomic mass is 10.2. The van der Waals surface area contributed by atoms with Crippen LogP contribution < -0.4 is 10.1 Å². The number of hydrogen-bond donors (Lipinski definition) is 2. The van der Waals surface area contributed by atoms with Gasteiger partial charge in [0.1, 0.15) is 24.0 Å². The first-order valence-electron chi connectivity index (χ1n) is 6.52. The van der Waals surface area contributed by atoms with Gasteiger partial charge in [0.25, 0.3) is 0 Å². The molecular formula is C14H17N5O. The molecule has 0 saturated heterocycles. The quantitative estimate of drug-likeness (QED) is 0.709. The topological polar surface area (TPSA) is 86.6 Å². The van der Waals surface area contributed by atoms with Crippen LogP contribution in [0, 0.1) is 11.3 Å². The first-order chi connectivity index (χ1) is 9.88. The molecule has 0 spiro atoms. The van der Waals surface area contributed by atoms with Crippen molar-refractivity contribution in [2.45, 2.75) is 19.4 Å². The molecule has 0 aliphatic heterocycles. The molecule has 1 aromatic heterocycles.